The molecule has 1 N–H and O–H groups in total. The van der Waals surface area contributed by atoms with E-state index in [1.807, 2.05) is 11.8 Å². The molecule has 1 aliphatic heterocycles. The summed E-state index contributed by atoms with van der Waals surface area (Å²) in [7, 11) is 1.39. The Balaban J connectivity index is 2.13. The molecule has 29 heavy (non-hydrogen) atoms. The van der Waals surface area contributed by atoms with Crippen LogP contribution in [0.25, 0.3) is 0 Å². The molecule has 1 heterocycles. The van der Waals surface area contributed by atoms with Crippen molar-refractivity contribution in [2.75, 3.05) is 33.4 Å². The first-order chi connectivity index (χ1) is 14.0. The Labute approximate surface area is 170 Å². The fourth-order valence-electron chi connectivity index (χ4n) is 3.22. The van der Waals surface area contributed by atoms with Gasteiger partial charge in [0.1, 0.15) is 0 Å². The van der Waals surface area contributed by atoms with Gasteiger partial charge in [0.15, 0.2) is 17.5 Å². The number of guanidine groups is 1. The van der Waals surface area contributed by atoms with E-state index >= 15 is 0 Å². The molecule has 9 heteroatoms. The smallest absolute Gasteiger partial charge is 0.387 e. The van der Waals surface area contributed by atoms with Crippen molar-refractivity contribution >= 4 is 11.9 Å². The van der Waals surface area contributed by atoms with Crippen molar-refractivity contribution in [3.8, 4) is 11.5 Å². The first kappa shape index (κ1) is 22.7. The summed E-state index contributed by atoms with van der Waals surface area (Å²) in [5.74, 6) is 0.518. The summed E-state index contributed by atoms with van der Waals surface area (Å²) in [5, 5.41) is 3.23. The molecule has 0 aromatic heterocycles. The number of nitrogens with zero attached hydrogens (tertiary/aromatic N) is 2. The van der Waals surface area contributed by atoms with Gasteiger partial charge in [-0.3, -0.25) is 4.79 Å². The molecule has 1 aliphatic rings. The molecular formula is C20H29F2N3O4. The van der Waals surface area contributed by atoms with E-state index in [0.717, 1.165) is 19.4 Å². The summed E-state index contributed by atoms with van der Waals surface area (Å²) in [6.07, 6.45) is 1.66. The van der Waals surface area contributed by atoms with Gasteiger partial charge in [0.2, 0.25) is 0 Å². The molecule has 2 rings (SSSR count). The number of rotatable bonds is 8. The number of ether oxygens (including phenoxy) is 3. The van der Waals surface area contributed by atoms with E-state index in [2.05, 4.69) is 15.0 Å². The van der Waals surface area contributed by atoms with E-state index in [-0.39, 0.29) is 29.9 Å². The van der Waals surface area contributed by atoms with Crippen molar-refractivity contribution < 1.29 is 27.8 Å². The van der Waals surface area contributed by atoms with Crippen LogP contribution in [0.5, 0.6) is 11.5 Å². The van der Waals surface area contributed by atoms with Gasteiger partial charge in [-0.2, -0.15) is 8.78 Å². The van der Waals surface area contributed by atoms with E-state index in [9.17, 15) is 13.6 Å². The first-order valence-corrected chi connectivity index (χ1v) is 9.80. The van der Waals surface area contributed by atoms with Crippen molar-refractivity contribution in [1.82, 2.24) is 10.2 Å². The lowest BCUT2D eigenvalue weighted by molar-refractivity contribution is -0.149. The molecule has 1 fully saturated rings. The van der Waals surface area contributed by atoms with Crippen LogP contribution in [0.3, 0.4) is 0 Å². The Hall–Kier alpha value is -2.58. The minimum Gasteiger partial charge on any atom is -0.493 e. The number of carbonyl (C=O) groups is 1. The Morgan fingerprint density at radius 3 is 2.79 bits per heavy atom. The minimum absolute atomic E-state index is 0.0273. The molecule has 1 aromatic rings. The second kappa shape index (κ2) is 11.4. The highest BCUT2D eigenvalue weighted by molar-refractivity contribution is 5.81. The zero-order chi connectivity index (χ0) is 21.2. The third-order valence-corrected chi connectivity index (χ3v) is 4.53. The largest absolute Gasteiger partial charge is 0.493 e. The minimum atomic E-state index is -2.94. The number of hydrogen-bond donors (Lipinski definition) is 1. The predicted octanol–water partition coefficient (Wildman–Crippen LogP) is 3.04. The topological polar surface area (TPSA) is 72.4 Å². The van der Waals surface area contributed by atoms with Crippen molar-refractivity contribution in [3.05, 3.63) is 23.8 Å². The number of benzene rings is 1. The summed E-state index contributed by atoms with van der Waals surface area (Å²) in [6.45, 7) is 3.44. The van der Waals surface area contributed by atoms with Crippen LogP contribution >= 0.6 is 0 Å². The van der Waals surface area contributed by atoms with Crippen LogP contribution in [-0.4, -0.2) is 56.8 Å². The van der Waals surface area contributed by atoms with Crippen LogP contribution in [0.1, 0.15) is 32.3 Å². The zero-order valence-electron chi connectivity index (χ0n) is 17.1. The number of esters is 1. The van der Waals surface area contributed by atoms with Crippen LogP contribution in [0.4, 0.5) is 8.78 Å². The summed E-state index contributed by atoms with van der Waals surface area (Å²) in [6, 6.07) is 4.82. The average molecular weight is 413 g/mol. The normalized spacial score (nSPS) is 17.2. The van der Waals surface area contributed by atoms with Crippen molar-refractivity contribution in [3.63, 3.8) is 0 Å². The second-order valence-corrected chi connectivity index (χ2v) is 6.57. The number of methoxy groups -OCH3 is 1. The number of hydrogen-bond acceptors (Lipinski definition) is 5. The van der Waals surface area contributed by atoms with E-state index in [1.54, 1.807) is 19.1 Å². The fourth-order valence-corrected chi connectivity index (χ4v) is 3.22. The summed E-state index contributed by atoms with van der Waals surface area (Å²) in [5.41, 5.74) is 0.704. The Bertz CT molecular complexity index is 700. The molecule has 7 nitrogen and oxygen atoms in total. The number of piperidine rings is 1. The van der Waals surface area contributed by atoms with Crippen molar-refractivity contribution in [2.24, 2.45) is 10.9 Å². The highest BCUT2D eigenvalue weighted by Gasteiger charge is 2.28. The lowest BCUT2D eigenvalue weighted by Crippen LogP contribution is -2.48. The zero-order valence-corrected chi connectivity index (χ0v) is 17.1. The molecular weight excluding hydrogens is 384 g/mol. The lowest BCUT2D eigenvalue weighted by atomic mass is 9.98. The lowest BCUT2D eigenvalue weighted by Gasteiger charge is -2.34. The number of nitrogens with one attached hydrogen (secondary N) is 1. The molecule has 1 atom stereocenters. The molecule has 1 aromatic carbocycles. The number of halogens is 2. The van der Waals surface area contributed by atoms with Crippen LogP contribution in [-0.2, 0) is 16.1 Å². The van der Waals surface area contributed by atoms with E-state index in [4.69, 9.17) is 9.47 Å². The first-order valence-electron chi connectivity index (χ1n) is 9.80. The SMILES string of the molecule is CCNC(=NCc1ccc(OC)c(OC(F)F)c1)N1CCCC(C(=O)OCC)C1. The molecule has 0 saturated carbocycles. The van der Waals surface area contributed by atoms with Crippen LogP contribution in [0.2, 0.25) is 0 Å². The molecule has 0 radical (unpaired) electrons. The van der Waals surface area contributed by atoms with Gasteiger partial charge in [0.25, 0.3) is 0 Å². The third kappa shape index (κ3) is 6.76. The van der Waals surface area contributed by atoms with Gasteiger partial charge in [-0.25, -0.2) is 4.99 Å². The Kier molecular flexibility index (Phi) is 8.95. The summed E-state index contributed by atoms with van der Waals surface area (Å²) >= 11 is 0. The monoisotopic (exact) mass is 413 g/mol. The number of carbonyl (C=O) groups excluding carboxylic acids is 1. The molecule has 162 valence electrons. The molecule has 0 aliphatic carbocycles. The van der Waals surface area contributed by atoms with Gasteiger partial charge in [-0.05, 0) is 44.4 Å². The number of aliphatic imine (C=N–C) groups is 1. The standard InChI is InChI=1S/C20H29F2N3O4/c1-4-23-20(25-10-6-7-15(13-25)18(26)28-5-2)24-12-14-8-9-16(27-3)17(11-14)29-19(21)22/h8-9,11,15,19H,4-7,10,12-13H2,1-3H3,(H,23,24). The van der Waals surface area contributed by atoms with E-state index in [1.165, 1.54) is 13.2 Å². The maximum Gasteiger partial charge on any atom is 0.387 e. The van der Waals surface area contributed by atoms with Gasteiger partial charge in [-0.15, -0.1) is 0 Å². The highest BCUT2D eigenvalue weighted by Crippen LogP contribution is 2.29. The van der Waals surface area contributed by atoms with Crippen molar-refractivity contribution in [1.29, 1.82) is 0 Å². The summed E-state index contributed by atoms with van der Waals surface area (Å²) < 4.78 is 40.0. The van der Waals surface area contributed by atoms with Crippen LogP contribution < -0.4 is 14.8 Å². The van der Waals surface area contributed by atoms with Gasteiger partial charge < -0.3 is 24.4 Å². The predicted molar refractivity (Wildman–Crippen MR) is 105 cm³/mol. The fraction of sp³-hybridized carbons (Fsp3) is 0.600. The second-order valence-electron chi connectivity index (χ2n) is 6.57. The van der Waals surface area contributed by atoms with E-state index < -0.39 is 6.61 Å². The molecule has 1 saturated heterocycles. The maximum atomic E-state index is 12.6. The number of alkyl halides is 2. The van der Waals surface area contributed by atoms with Gasteiger partial charge in [0, 0.05) is 19.6 Å². The molecule has 0 bridgehead atoms. The third-order valence-electron chi connectivity index (χ3n) is 4.53. The quantitative estimate of drug-likeness (QED) is 0.401. The summed E-state index contributed by atoms with van der Waals surface area (Å²) in [4.78, 5) is 18.7. The molecule has 0 spiro atoms. The van der Waals surface area contributed by atoms with Crippen molar-refractivity contribution in [2.45, 2.75) is 39.8 Å². The Morgan fingerprint density at radius 2 is 2.14 bits per heavy atom. The van der Waals surface area contributed by atoms with Crippen LogP contribution in [0.15, 0.2) is 23.2 Å². The van der Waals surface area contributed by atoms with Gasteiger partial charge in [-0.1, -0.05) is 6.07 Å². The van der Waals surface area contributed by atoms with Gasteiger partial charge in [0.05, 0.1) is 26.2 Å². The highest BCUT2D eigenvalue weighted by atomic mass is 19.3. The Morgan fingerprint density at radius 1 is 1.34 bits per heavy atom. The average Bonchev–Trinajstić information content (AvgIpc) is 2.71. The molecule has 1 unspecified atom stereocenters. The number of likely N-dealkylation sites (tertiary alicyclic amines) is 1. The maximum absolute atomic E-state index is 12.6. The van der Waals surface area contributed by atoms with E-state index in [0.29, 0.717) is 31.2 Å². The van der Waals surface area contributed by atoms with Crippen LogP contribution in [0, 0.1) is 5.92 Å². The van der Waals surface area contributed by atoms with Gasteiger partial charge >= 0.3 is 12.6 Å². The molecule has 0 amide bonds.